The lowest BCUT2D eigenvalue weighted by Crippen LogP contribution is -2.50. The Labute approximate surface area is 106 Å². The van der Waals surface area contributed by atoms with Crippen molar-refractivity contribution in [1.29, 1.82) is 0 Å². The number of hydrogen-bond donors (Lipinski definition) is 2. The molecule has 18 heavy (non-hydrogen) atoms. The molecule has 1 atom stereocenters. The van der Waals surface area contributed by atoms with E-state index in [9.17, 15) is 9.59 Å². The Bertz CT molecular complexity index is 473. The standard InChI is InChI=1S/C13H17N3O2/c14-10-6-2-1-5-9(10)13(18)16-8-4-3-7-11(16)12(15)17/h1-2,5-6,11H,3-4,7-8,14H2,(H2,15,17). The van der Waals surface area contributed by atoms with Crippen molar-refractivity contribution in [2.45, 2.75) is 25.3 Å². The van der Waals surface area contributed by atoms with Crippen molar-refractivity contribution in [2.75, 3.05) is 12.3 Å². The van der Waals surface area contributed by atoms with Crippen LogP contribution >= 0.6 is 0 Å². The first-order chi connectivity index (χ1) is 8.61. The van der Waals surface area contributed by atoms with Crippen LogP contribution in [0.5, 0.6) is 0 Å². The van der Waals surface area contributed by atoms with Gasteiger partial charge in [0, 0.05) is 12.2 Å². The van der Waals surface area contributed by atoms with Gasteiger partial charge in [0.25, 0.3) is 5.91 Å². The molecule has 1 saturated heterocycles. The van der Waals surface area contributed by atoms with Crippen molar-refractivity contribution < 1.29 is 9.59 Å². The van der Waals surface area contributed by atoms with Gasteiger partial charge in [-0.2, -0.15) is 0 Å². The molecule has 0 saturated carbocycles. The highest BCUT2D eigenvalue weighted by Gasteiger charge is 2.31. The van der Waals surface area contributed by atoms with Crippen LogP contribution in [-0.4, -0.2) is 29.3 Å². The molecule has 5 nitrogen and oxygen atoms in total. The largest absolute Gasteiger partial charge is 0.398 e. The molecule has 0 bridgehead atoms. The molecule has 96 valence electrons. The number of nitrogens with two attached hydrogens (primary N) is 2. The summed E-state index contributed by atoms with van der Waals surface area (Å²) in [5.74, 6) is -0.658. The van der Waals surface area contributed by atoms with Gasteiger partial charge >= 0.3 is 0 Å². The summed E-state index contributed by atoms with van der Waals surface area (Å²) in [7, 11) is 0. The number of carbonyl (C=O) groups excluding carboxylic acids is 2. The maximum atomic E-state index is 12.4. The molecular weight excluding hydrogens is 230 g/mol. The Kier molecular flexibility index (Phi) is 3.50. The molecule has 0 aliphatic carbocycles. The molecule has 1 aromatic carbocycles. The SMILES string of the molecule is NC(=O)C1CCCCN1C(=O)c1ccccc1N. The fraction of sp³-hybridized carbons (Fsp3) is 0.385. The monoisotopic (exact) mass is 247 g/mol. The molecule has 2 amide bonds. The number of amides is 2. The van der Waals surface area contributed by atoms with Gasteiger partial charge in [0.15, 0.2) is 0 Å². The third kappa shape index (κ3) is 2.30. The highest BCUT2D eigenvalue weighted by molar-refractivity contribution is 6.01. The normalized spacial score (nSPS) is 19.6. The summed E-state index contributed by atoms with van der Waals surface area (Å²) >= 11 is 0. The molecule has 5 heteroatoms. The maximum absolute atomic E-state index is 12.4. The Morgan fingerprint density at radius 1 is 1.22 bits per heavy atom. The van der Waals surface area contributed by atoms with E-state index in [1.165, 1.54) is 4.90 Å². The maximum Gasteiger partial charge on any atom is 0.256 e. The number of hydrogen-bond acceptors (Lipinski definition) is 3. The first-order valence-electron chi connectivity index (χ1n) is 6.06. The first kappa shape index (κ1) is 12.4. The van der Waals surface area contributed by atoms with Gasteiger partial charge in [-0.15, -0.1) is 0 Å². The topological polar surface area (TPSA) is 89.4 Å². The van der Waals surface area contributed by atoms with E-state index >= 15 is 0 Å². The van der Waals surface area contributed by atoms with Gasteiger partial charge in [-0.25, -0.2) is 0 Å². The van der Waals surface area contributed by atoms with E-state index < -0.39 is 11.9 Å². The van der Waals surface area contributed by atoms with Crippen molar-refractivity contribution in [1.82, 2.24) is 4.90 Å². The fourth-order valence-electron chi connectivity index (χ4n) is 2.32. The highest BCUT2D eigenvalue weighted by Crippen LogP contribution is 2.21. The van der Waals surface area contributed by atoms with Crippen molar-refractivity contribution in [3.05, 3.63) is 29.8 Å². The summed E-state index contributed by atoms with van der Waals surface area (Å²) in [6.45, 7) is 0.556. The Morgan fingerprint density at radius 3 is 2.61 bits per heavy atom. The fourth-order valence-corrected chi connectivity index (χ4v) is 2.32. The number of anilines is 1. The second kappa shape index (κ2) is 5.08. The van der Waals surface area contributed by atoms with Gasteiger partial charge in [-0.3, -0.25) is 9.59 Å². The number of carbonyl (C=O) groups is 2. The number of primary amides is 1. The van der Waals surface area contributed by atoms with Gasteiger partial charge in [0.1, 0.15) is 6.04 Å². The van der Waals surface area contributed by atoms with Gasteiger partial charge in [-0.1, -0.05) is 12.1 Å². The third-order valence-electron chi connectivity index (χ3n) is 3.28. The van der Waals surface area contributed by atoms with Crippen LogP contribution in [0.15, 0.2) is 24.3 Å². The third-order valence-corrected chi connectivity index (χ3v) is 3.28. The van der Waals surface area contributed by atoms with Crippen LogP contribution in [0.25, 0.3) is 0 Å². The van der Waals surface area contributed by atoms with Gasteiger partial charge in [0.05, 0.1) is 5.56 Å². The van der Waals surface area contributed by atoms with E-state index in [-0.39, 0.29) is 5.91 Å². The molecule has 1 aliphatic heterocycles. The summed E-state index contributed by atoms with van der Waals surface area (Å²) in [6.07, 6.45) is 2.44. The predicted molar refractivity (Wildman–Crippen MR) is 68.7 cm³/mol. The molecule has 2 rings (SSSR count). The molecular formula is C13H17N3O2. The molecule has 0 radical (unpaired) electrons. The predicted octanol–water partition coefficient (Wildman–Crippen LogP) is 0.749. The molecule has 1 fully saturated rings. The number of piperidine rings is 1. The van der Waals surface area contributed by atoms with E-state index in [4.69, 9.17) is 11.5 Å². The van der Waals surface area contributed by atoms with Crippen LogP contribution in [0.1, 0.15) is 29.6 Å². The summed E-state index contributed by atoms with van der Waals surface area (Å²) in [5.41, 5.74) is 12.0. The number of benzene rings is 1. The van der Waals surface area contributed by atoms with Gasteiger partial charge in [-0.05, 0) is 31.4 Å². The van der Waals surface area contributed by atoms with Crippen molar-refractivity contribution in [2.24, 2.45) is 5.73 Å². The summed E-state index contributed by atoms with van der Waals surface area (Å²) in [6, 6.07) is 6.37. The zero-order valence-electron chi connectivity index (χ0n) is 10.1. The second-order valence-corrected chi connectivity index (χ2v) is 4.50. The molecule has 1 unspecified atom stereocenters. The van der Waals surface area contributed by atoms with Gasteiger partial charge < -0.3 is 16.4 Å². The molecule has 4 N–H and O–H groups in total. The molecule has 1 aromatic rings. The Balaban J connectivity index is 2.27. The zero-order chi connectivity index (χ0) is 13.1. The van der Waals surface area contributed by atoms with E-state index in [1.807, 2.05) is 0 Å². The van der Waals surface area contributed by atoms with E-state index in [2.05, 4.69) is 0 Å². The quantitative estimate of drug-likeness (QED) is 0.756. The van der Waals surface area contributed by atoms with Crippen LogP contribution in [0.2, 0.25) is 0 Å². The molecule has 0 spiro atoms. The average Bonchev–Trinajstić information content (AvgIpc) is 2.38. The van der Waals surface area contributed by atoms with Crippen LogP contribution in [-0.2, 0) is 4.79 Å². The number of nitrogens with zero attached hydrogens (tertiary/aromatic N) is 1. The van der Waals surface area contributed by atoms with Gasteiger partial charge in [0.2, 0.25) is 5.91 Å². The summed E-state index contributed by atoms with van der Waals surface area (Å²) in [5, 5.41) is 0. The minimum Gasteiger partial charge on any atom is -0.398 e. The lowest BCUT2D eigenvalue weighted by Gasteiger charge is -2.33. The zero-order valence-corrected chi connectivity index (χ0v) is 10.1. The van der Waals surface area contributed by atoms with Crippen LogP contribution in [0.3, 0.4) is 0 Å². The number of likely N-dealkylation sites (tertiary alicyclic amines) is 1. The Hall–Kier alpha value is -2.04. The average molecular weight is 247 g/mol. The lowest BCUT2D eigenvalue weighted by atomic mass is 10.00. The van der Waals surface area contributed by atoms with E-state index in [0.717, 1.165) is 12.8 Å². The molecule has 1 aliphatic rings. The minimum atomic E-state index is -0.508. The second-order valence-electron chi connectivity index (χ2n) is 4.50. The van der Waals surface area contributed by atoms with E-state index in [0.29, 0.717) is 24.2 Å². The summed E-state index contributed by atoms with van der Waals surface area (Å²) in [4.78, 5) is 25.3. The lowest BCUT2D eigenvalue weighted by molar-refractivity contribution is -0.123. The van der Waals surface area contributed by atoms with Crippen LogP contribution in [0.4, 0.5) is 5.69 Å². The van der Waals surface area contributed by atoms with Crippen LogP contribution < -0.4 is 11.5 Å². The van der Waals surface area contributed by atoms with E-state index in [1.54, 1.807) is 24.3 Å². The first-order valence-corrected chi connectivity index (χ1v) is 6.06. The van der Waals surface area contributed by atoms with Crippen LogP contribution in [0, 0.1) is 0 Å². The molecule has 1 heterocycles. The summed E-state index contributed by atoms with van der Waals surface area (Å²) < 4.78 is 0. The minimum absolute atomic E-state index is 0.211. The molecule has 0 aromatic heterocycles. The highest BCUT2D eigenvalue weighted by atomic mass is 16.2. The number of para-hydroxylation sites is 1. The smallest absolute Gasteiger partial charge is 0.256 e. The number of nitrogen functional groups attached to an aromatic ring is 1. The van der Waals surface area contributed by atoms with Crippen molar-refractivity contribution in [3.63, 3.8) is 0 Å². The Morgan fingerprint density at radius 2 is 1.94 bits per heavy atom. The van der Waals surface area contributed by atoms with Crippen molar-refractivity contribution in [3.8, 4) is 0 Å². The number of rotatable bonds is 2. The van der Waals surface area contributed by atoms with Crippen molar-refractivity contribution >= 4 is 17.5 Å².